The van der Waals surface area contributed by atoms with Gasteiger partial charge in [0, 0.05) is 15.5 Å². The normalized spacial score (nSPS) is 11.2. The van der Waals surface area contributed by atoms with Crippen LogP contribution in [-0.2, 0) is 10.0 Å². The second-order valence-corrected chi connectivity index (χ2v) is 6.74. The molecular formula is C11H8ClIN2O2S. The Morgan fingerprint density at radius 1 is 1.17 bits per heavy atom. The van der Waals surface area contributed by atoms with Crippen LogP contribution in [0.15, 0.2) is 47.5 Å². The van der Waals surface area contributed by atoms with Gasteiger partial charge in [-0.2, -0.15) is 0 Å². The minimum atomic E-state index is -3.63. The highest BCUT2D eigenvalue weighted by Crippen LogP contribution is 2.18. The van der Waals surface area contributed by atoms with Crippen molar-refractivity contribution < 1.29 is 8.42 Å². The van der Waals surface area contributed by atoms with Gasteiger partial charge in [0.15, 0.2) is 0 Å². The van der Waals surface area contributed by atoms with Crippen LogP contribution in [0.2, 0.25) is 5.15 Å². The summed E-state index contributed by atoms with van der Waals surface area (Å²) in [5.41, 5.74) is 0.503. The molecule has 94 valence electrons. The SMILES string of the molecule is O=S(=O)(Nc1ccc(I)cc1)c1ccnc(Cl)c1. The molecule has 0 saturated heterocycles. The Bertz CT molecular complexity index is 659. The van der Waals surface area contributed by atoms with E-state index in [-0.39, 0.29) is 10.0 Å². The fourth-order valence-electron chi connectivity index (χ4n) is 1.28. The molecule has 4 nitrogen and oxygen atoms in total. The smallest absolute Gasteiger partial charge is 0.262 e. The molecule has 18 heavy (non-hydrogen) atoms. The van der Waals surface area contributed by atoms with Gasteiger partial charge in [0.1, 0.15) is 5.15 Å². The Kier molecular flexibility index (Phi) is 4.08. The Morgan fingerprint density at radius 2 is 1.83 bits per heavy atom. The van der Waals surface area contributed by atoms with Crippen LogP contribution in [0, 0.1) is 3.57 Å². The van der Waals surface area contributed by atoms with E-state index >= 15 is 0 Å². The van der Waals surface area contributed by atoms with E-state index in [1.54, 1.807) is 12.1 Å². The molecule has 0 unspecified atom stereocenters. The van der Waals surface area contributed by atoms with E-state index in [0.29, 0.717) is 5.69 Å². The molecule has 1 heterocycles. The number of anilines is 1. The molecule has 0 aliphatic heterocycles. The summed E-state index contributed by atoms with van der Waals surface area (Å²) in [6, 6.07) is 9.72. The molecule has 0 aliphatic carbocycles. The van der Waals surface area contributed by atoms with Crippen molar-refractivity contribution in [1.29, 1.82) is 0 Å². The zero-order valence-electron chi connectivity index (χ0n) is 8.97. The molecule has 0 bridgehead atoms. The first-order valence-electron chi connectivity index (χ1n) is 4.87. The minimum Gasteiger partial charge on any atom is -0.280 e. The maximum Gasteiger partial charge on any atom is 0.262 e. The number of hydrogen-bond acceptors (Lipinski definition) is 3. The zero-order valence-corrected chi connectivity index (χ0v) is 12.7. The van der Waals surface area contributed by atoms with E-state index in [4.69, 9.17) is 11.6 Å². The number of hydrogen-bond donors (Lipinski definition) is 1. The van der Waals surface area contributed by atoms with Gasteiger partial charge >= 0.3 is 0 Å². The van der Waals surface area contributed by atoms with Crippen molar-refractivity contribution in [1.82, 2.24) is 4.98 Å². The lowest BCUT2D eigenvalue weighted by Gasteiger charge is -2.08. The molecule has 0 spiro atoms. The molecule has 0 atom stereocenters. The van der Waals surface area contributed by atoms with Crippen LogP contribution >= 0.6 is 34.2 Å². The third-order valence-corrected chi connectivity index (χ3v) is 4.41. The van der Waals surface area contributed by atoms with Crippen LogP contribution in [-0.4, -0.2) is 13.4 Å². The molecule has 7 heteroatoms. The van der Waals surface area contributed by atoms with Crippen molar-refractivity contribution in [2.24, 2.45) is 0 Å². The van der Waals surface area contributed by atoms with E-state index in [1.807, 2.05) is 12.1 Å². The monoisotopic (exact) mass is 394 g/mol. The predicted octanol–water partition coefficient (Wildman–Crippen LogP) is 3.14. The Labute approximate surface area is 124 Å². The highest BCUT2D eigenvalue weighted by atomic mass is 127. The predicted molar refractivity (Wildman–Crippen MR) is 79.2 cm³/mol. The van der Waals surface area contributed by atoms with E-state index in [0.717, 1.165) is 3.57 Å². The number of pyridine rings is 1. The summed E-state index contributed by atoms with van der Waals surface area (Å²) in [5, 5.41) is 0.139. The van der Waals surface area contributed by atoms with Gasteiger partial charge in [0.05, 0.1) is 4.90 Å². The second-order valence-electron chi connectivity index (χ2n) is 3.43. The Morgan fingerprint density at radius 3 is 2.44 bits per heavy atom. The van der Waals surface area contributed by atoms with Gasteiger partial charge < -0.3 is 0 Å². The molecule has 1 aromatic carbocycles. The summed E-state index contributed by atoms with van der Waals surface area (Å²) in [5.74, 6) is 0. The number of sulfonamides is 1. The van der Waals surface area contributed by atoms with Crippen LogP contribution in [0.5, 0.6) is 0 Å². The van der Waals surface area contributed by atoms with Crippen LogP contribution < -0.4 is 4.72 Å². The lowest BCUT2D eigenvalue weighted by Crippen LogP contribution is -2.12. The average molecular weight is 395 g/mol. The number of nitrogens with one attached hydrogen (secondary N) is 1. The van der Waals surface area contributed by atoms with E-state index in [2.05, 4.69) is 32.3 Å². The topological polar surface area (TPSA) is 59.1 Å². The van der Waals surface area contributed by atoms with Crippen LogP contribution in [0.4, 0.5) is 5.69 Å². The molecule has 0 aliphatic rings. The molecule has 1 N–H and O–H groups in total. The first kappa shape index (κ1) is 13.6. The van der Waals surface area contributed by atoms with Gasteiger partial charge in [-0.25, -0.2) is 13.4 Å². The lowest BCUT2D eigenvalue weighted by molar-refractivity contribution is 0.601. The molecule has 0 fully saturated rings. The van der Waals surface area contributed by atoms with E-state index in [9.17, 15) is 8.42 Å². The van der Waals surface area contributed by atoms with Gasteiger partial charge in [0.25, 0.3) is 10.0 Å². The lowest BCUT2D eigenvalue weighted by atomic mass is 10.3. The Balaban J connectivity index is 2.30. The molecule has 1 aromatic heterocycles. The first-order chi connectivity index (χ1) is 8.47. The second kappa shape index (κ2) is 5.41. The van der Waals surface area contributed by atoms with Gasteiger partial charge in [-0.05, 0) is 59.0 Å². The highest BCUT2D eigenvalue weighted by Gasteiger charge is 2.14. The van der Waals surface area contributed by atoms with Crippen molar-refractivity contribution in [2.45, 2.75) is 4.90 Å². The first-order valence-corrected chi connectivity index (χ1v) is 7.81. The Hall–Kier alpha value is -0.860. The number of benzene rings is 1. The quantitative estimate of drug-likeness (QED) is 0.643. The third-order valence-electron chi connectivity index (χ3n) is 2.10. The third kappa shape index (κ3) is 3.33. The number of rotatable bonds is 3. The number of nitrogens with zero attached hydrogens (tertiary/aromatic N) is 1. The highest BCUT2D eigenvalue weighted by molar-refractivity contribution is 14.1. The molecular weight excluding hydrogens is 387 g/mol. The summed E-state index contributed by atoms with van der Waals surface area (Å²) in [7, 11) is -3.63. The molecule has 0 amide bonds. The average Bonchev–Trinajstić information content (AvgIpc) is 2.32. The standard InChI is InChI=1S/C11H8ClIN2O2S/c12-11-7-10(5-6-14-11)18(16,17)15-9-3-1-8(13)2-4-9/h1-7,15H. The molecule has 0 saturated carbocycles. The van der Waals surface area contributed by atoms with Crippen molar-refractivity contribution in [2.75, 3.05) is 4.72 Å². The summed E-state index contributed by atoms with van der Waals surface area (Å²) in [4.78, 5) is 3.83. The van der Waals surface area contributed by atoms with Crippen LogP contribution in [0.25, 0.3) is 0 Å². The van der Waals surface area contributed by atoms with Gasteiger partial charge in [-0.1, -0.05) is 11.6 Å². The zero-order chi connectivity index (χ0) is 13.2. The molecule has 2 rings (SSSR count). The maximum absolute atomic E-state index is 12.0. The van der Waals surface area contributed by atoms with E-state index in [1.165, 1.54) is 18.3 Å². The fourth-order valence-corrected chi connectivity index (χ4v) is 2.95. The number of aromatic nitrogens is 1. The summed E-state index contributed by atoms with van der Waals surface area (Å²) in [6.45, 7) is 0. The van der Waals surface area contributed by atoms with Crippen molar-refractivity contribution in [3.63, 3.8) is 0 Å². The minimum absolute atomic E-state index is 0.0843. The van der Waals surface area contributed by atoms with Crippen molar-refractivity contribution >= 4 is 49.9 Å². The largest absolute Gasteiger partial charge is 0.280 e. The maximum atomic E-state index is 12.0. The van der Waals surface area contributed by atoms with Crippen LogP contribution in [0.3, 0.4) is 0 Å². The van der Waals surface area contributed by atoms with Gasteiger partial charge in [-0.15, -0.1) is 0 Å². The molecule has 2 aromatic rings. The summed E-state index contributed by atoms with van der Waals surface area (Å²) in [6.07, 6.45) is 1.35. The van der Waals surface area contributed by atoms with Gasteiger partial charge in [-0.3, -0.25) is 4.72 Å². The number of halogens is 2. The van der Waals surface area contributed by atoms with Gasteiger partial charge in [0.2, 0.25) is 0 Å². The van der Waals surface area contributed by atoms with Crippen molar-refractivity contribution in [3.8, 4) is 0 Å². The van der Waals surface area contributed by atoms with E-state index < -0.39 is 10.0 Å². The fraction of sp³-hybridized carbons (Fsp3) is 0. The molecule has 0 radical (unpaired) electrons. The van der Waals surface area contributed by atoms with Crippen LogP contribution in [0.1, 0.15) is 0 Å². The summed E-state index contributed by atoms with van der Waals surface area (Å²) < 4.78 is 27.6. The van der Waals surface area contributed by atoms with Crippen molar-refractivity contribution in [3.05, 3.63) is 51.3 Å². The summed E-state index contributed by atoms with van der Waals surface area (Å²) >= 11 is 7.82.